The topological polar surface area (TPSA) is 46.9 Å². The van der Waals surface area contributed by atoms with Gasteiger partial charge in [0.25, 0.3) is 0 Å². The fraction of sp³-hybridized carbons (Fsp3) is 0.238. The SMILES string of the molecule is O=C(NCc1cccc(Cn2ccnc2)c1)C1(c2ccc(Cl)cc2)CC1. The molecule has 3 aromatic rings. The number of rotatable bonds is 6. The molecule has 0 bridgehead atoms. The van der Waals surface area contributed by atoms with Crippen molar-refractivity contribution in [2.24, 2.45) is 0 Å². The molecule has 1 aromatic heterocycles. The lowest BCUT2D eigenvalue weighted by Crippen LogP contribution is -2.34. The summed E-state index contributed by atoms with van der Waals surface area (Å²) in [6, 6.07) is 15.9. The van der Waals surface area contributed by atoms with Crippen molar-refractivity contribution in [1.29, 1.82) is 0 Å². The number of amides is 1. The van der Waals surface area contributed by atoms with E-state index < -0.39 is 0 Å². The number of nitrogens with zero attached hydrogens (tertiary/aromatic N) is 2. The van der Waals surface area contributed by atoms with Crippen LogP contribution in [0.15, 0.2) is 67.3 Å². The number of benzene rings is 2. The van der Waals surface area contributed by atoms with Crippen molar-refractivity contribution in [3.05, 3.63) is 89.0 Å². The van der Waals surface area contributed by atoms with E-state index in [-0.39, 0.29) is 11.3 Å². The van der Waals surface area contributed by atoms with Crippen LogP contribution in [-0.4, -0.2) is 15.5 Å². The highest BCUT2D eigenvalue weighted by Gasteiger charge is 2.50. The van der Waals surface area contributed by atoms with Gasteiger partial charge in [-0.15, -0.1) is 0 Å². The molecule has 0 unspecified atom stereocenters. The second kappa shape index (κ2) is 6.96. The molecule has 1 N–H and O–H groups in total. The average molecular weight is 366 g/mol. The number of imidazole rings is 1. The molecule has 1 aliphatic carbocycles. The van der Waals surface area contributed by atoms with Crippen LogP contribution < -0.4 is 5.32 Å². The molecule has 1 fully saturated rings. The van der Waals surface area contributed by atoms with Gasteiger partial charge in [0.2, 0.25) is 5.91 Å². The number of aromatic nitrogens is 2. The molecule has 1 heterocycles. The molecular weight excluding hydrogens is 346 g/mol. The number of hydrogen-bond donors (Lipinski definition) is 1. The number of nitrogens with one attached hydrogen (secondary N) is 1. The van der Waals surface area contributed by atoms with Crippen molar-refractivity contribution in [3.8, 4) is 0 Å². The zero-order valence-electron chi connectivity index (χ0n) is 14.4. The van der Waals surface area contributed by atoms with Crippen molar-refractivity contribution in [2.45, 2.75) is 31.3 Å². The Balaban J connectivity index is 1.41. The minimum absolute atomic E-state index is 0.0971. The van der Waals surface area contributed by atoms with Crippen LogP contribution in [0.4, 0.5) is 0 Å². The molecule has 5 heteroatoms. The molecule has 1 aliphatic rings. The zero-order valence-corrected chi connectivity index (χ0v) is 15.1. The van der Waals surface area contributed by atoms with Gasteiger partial charge in [-0.25, -0.2) is 4.98 Å². The standard InChI is InChI=1S/C21H20ClN3O/c22-19-6-4-18(5-7-19)21(8-9-21)20(26)24-13-16-2-1-3-17(12-16)14-25-11-10-23-15-25/h1-7,10-12,15H,8-9,13-14H2,(H,24,26). The maximum absolute atomic E-state index is 12.8. The first-order chi connectivity index (χ1) is 12.7. The van der Waals surface area contributed by atoms with Crippen LogP contribution in [0.5, 0.6) is 0 Å². The molecule has 0 atom stereocenters. The van der Waals surface area contributed by atoms with Gasteiger partial charge in [0.05, 0.1) is 11.7 Å². The third-order valence-corrected chi connectivity index (χ3v) is 5.20. The summed E-state index contributed by atoms with van der Waals surface area (Å²) in [5.41, 5.74) is 2.96. The fourth-order valence-corrected chi connectivity index (χ4v) is 3.45. The van der Waals surface area contributed by atoms with Gasteiger partial charge >= 0.3 is 0 Å². The van der Waals surface area contributed by atoms with Gasteiger partial charge in [-0.05, 0) is 41.7 Å². The predicted molar refractivity (Wildman–Crippen MR) is 102 cm³/mol. The Morgan fingerprint density at radius 3 is 2.62 bits per heavy atom. The number of halogens is 1. The number of carbonyl (C=O) groups is 1. The molecule has 0 spiro atoms. The van der Waals surface area contributed by atoms with Crippen LogP contribution >= 0.6 is 11.6 Å². The lowest BCUT2D eigenvalue weighted by molar-refractivity contribution is -0.123. The summed E-state index contributed by atoms with van der Waals surface area (Å²) in [5.74, 6) is 0.0971. The maximum Gasteiger partial charge on any atom is 0.230 e. The Labute approximate surface area is 157 Å². The molecule has 26 heavy (non-hydrogen) atoms. The van der Waals surface area contributed by atoms with E-state index in [4.69, 9.17) is 11.6 Å². The van der Waals surface area contributed by atoms with Crippen LogP contribution in [0.1, 0.15) is 29.5 Å². The monoisotopic (exact) mass is 365 g/mol. The summed E-state index contributed by atoms with van der Waals surface area (Å²) in [7, 11) is 0. The van der Waals surface area contributed by atoms with Gasteiger partial charge in [0.15, 0.2) is 0 Å². The Morgan fingerprint density at radius 1 is 1.15 bits per heavy atom. The van der Waals surface area contributed by atoms with E-state index in [0.29, 0.717) is 11.6 Å². The molecule has 132 valence electrons. The van der Waals surface area contributed by atoms with Gasteiger partial charge in [-0.3, -0.25) is 4.79 Å². The first-order valence-electron chi connectivity index (χ1n) is 8.74. The highest BCUT2D eigenvalue weighted by atomic mass is 35.5. The van der Waals surface area contributed by atoms with Crippen LogP contribution in [0.25, 0.3) is 0 Å². The highest BCUT2D eigenvalue weighted by molar-refractivity contribution is 6.30. The molecule has 1 amide bonds. The third-order valence-electron chi connectivity index (χ3n) is 4.95. The van der Waals surface area contributed by atoms with Gasteiger partial charge in [-0.1, -0.05) is 48.0 Å². The first kappa shape index (κ1) is 16.9. The lowest BCUT2D eigenvalue weighted by Gasteiger charge is -2.16. The van der Waals surface area contributed by atoms with E-state index >= 15 is 0 Å². The molecule has 1 saturated carbocycles. The summed E-state index contributed by atoms with van der Waals surface area (Å²) in [5, 5.41) is 3.80. The van der Waals surface area contributed by atoms with E-state index in [0.717, 1.165) is 30.5 Å². The number of carbonyl (C=O) groups excluding carboxylic acids is 1. The summed E-state index contributed by atoms with van der Waals surface area (Å²) in [6.07, 6.45) is 7.30. The van der Waals surface area contributed by atoms with E-state index in [9.17, 15) is 4.79 Å². The minimum Gasteiger partial charge on any atom is -0.351 e. The summed E-state index contributed by atoms with van der Waals surface area (Å²) in [4.78, 5) is 16.8. The van der Waals surface area contributed by atoms with E-state index in [1.807, 2.05) is 47.2 Å². The third kappa shape index (κ3) is 3.51. The normalized spacial score (nSPS) is 14.8. The van der Waals surface area contributed by atoms with Crippen LogP contribution in [-0.2, 0) is 23.3 Å². The number of hydrogen-bond acceptors (Lipinski definition) is 2. The maximum atomic E-state index is 12.8. The Hall–Kier alpha value is -2.59. The van der Waals surface area contributed by atoms with Gasteiger partial charge in [0.1, 0.15) is 0 Å². The Bertz CT molecular complexity index is 899. The second-order valence-corrected chi connectivity index (χ2v) is 7.26. The predicted octanol–water partition coefficient (Wildman–Crippen LogP) is 3.93. The van der Waals surface area contributed by atoms with Crippen molar-refractivity contribution in [3.63, 3.8) is 0 Å². The smallest absolute Gasteiger partial charge is 0.230 e. The van der Waals surface area contributed by atoms with Crippen LogP contribution in [0.3, 0.4) is 0 Å². The Morgan fingerprint density at radius 2 is 1.92 bits per heavy atom. The van der Waals surface area contributed by atoms with Crippen molar-refractivity contribution < 1.29 is 4.79 Å². The first-order valence-corrected chi connectivity index (χ1v) is 9.11. The second-order valence-electron chi connectivity index (χ2n) is 6.83. The van der Waals surface area contributed by atoms with Gasteiger partial charge < -0.3 is 9.88 Å². The van der Waals surface area contributed by atoms with Crippen molar-refractivity contribution in [1.82, 2.24) is 14.9 Å². The fourth-order valence-electron chi connectivity index (χ4n) is 3.32. The van der Waals surface area contributed by atoms with Crippen molar-refractivity contribution >= 4 is 17.5 Å². The largest absolute Gasteiger partial charge is 0.351 e. The molecule has 0 radical (unpaired) electrons. The van der Waals surface area contributed by atoms with E-state index in [1.165, 1.54) is 5.56 Å². The quantitative estimate of drug-likeness (QED) is 0.719. The lowest BCUT2D eigenvalue weighted by atomic mass is 9.95. The molecular formula is C21H20ClN3O. The molecule has 0 aliphatic heterocycles. The molecule has 4 rings (SSSR count). The van der Waals surface area contributed by atoms with E-state index in [1.54, 1.807) is 12.5 Å². The Kier molecular flexibility index (Phi) is 4.51. The molecule has 0 saturated heterocycles. The summed E-state index contributed by atoms with van der Waals surface area (Å²) in [6.45, 7) is 1.31. The van der Waals surface area contributed by atoms with E-state index in [2.05, 4.69) is 22.4 Å². The molecule has 2 aromatic carbocycles. The molecule has 4 nitrogen and oxygen atoms in total. The highest BCUT2D eigenvalue weighted by Crippen LogP contribution is 2.48. The van der Waals surface area contributed by atoms with Crippen LogP contribution in [0, 0.1) is 0 Å². The average Bonchev–Trinajstić information content (AvgIpc) is 3.31. The van der Waals surface area contributed by atoms with Gasteiger partial charge in [-0.2, -0.15) is 0 Å². The minimum atomic E-state index is -0.376. The summed E-state index contributed by atoms with van der Waals surface area (Å²) >= 11 is 5.96. The zero-order chi connectivity index (χ0) is 18.0. The van der Waals surface area contributed by atoms with Gasteiger partial charge in [0, 0.05) is 30.5 Å². The van der Waals surface area contributed by atoms with Crippen molar-refractivity contribution in [2.75, 3.05) is 0 Å². The summed E-state index contributed by atoms with van der Waals surface area (Å²) < 4.78 is 2.03. The van der Waals surface area contributed by atoms with Crippen LogP contribution in [0.2, 0.25) is 5.02 Å².